The zero-order valence-corrected chi connectivity index (χ0v) is 14.4. The first kappa shape index (κ1) is 18.4. The van der Waals surface area contributed by atoms with E-state index in [1.807, 2.05) is 0 Å². The van der Waals surface area contributed by atoms with E-state index in [9.17, 15) is 23.1 Å². The van der Waals surface area contributed by atoms with Gasteiger partial charge >= 0.3 is 5.97 Å². The number of hydrogen-bond acceptors (Lipinski definition) is 4. The Morgan fingerprint density at radius 1 is 1.21 bits per heavy atom. The van der Waals surface area contributed by atoms with Crippen molar-refractivity contribution >= 4 is 21.9 Å². The average molecular weight is 354 g/mol. The van der Waals surface area contributed by atoms with Crippen LogP contribution in [0.5, 0.6) is 0 Å². The zero-order chi connectivity index (χ0) is 17.8. The van der Waals surface area contributed by atoms with Crippen LogP contribution in [0, 0.1) is 5.41 Å². The minimum absolute atomic E-state index is 0.0186. The summed E-state index contributed by atoms with van der Waals surface area (Å²) >= 11 is 0. The Labute approximate surface area is 141 Å². The highest BCUT2D eigenvalue weighted by molar-refractivity contribution is 7.89. The van der Waals surface area contributed by atoms with Gasteiger partial charge in [0.1, 0.15) is 0 Å². The summed E-state index contributed by atoms with van der Waals surface area (Å²) in [5, 5.41) is 11.9. The summed E-state index contributed by atoms with van der Waals surface area (Å²) in [5.74, 6) is -1.22. The monoisotopic (exact) mass is 354 g/mol. The van der Waals surface area contributed by atoms with Crippen molar-refractivity contribution in [1.29, 1.82) is 0 Å². The Balaban J connectivity index is 1.90. The van der Waals surface area contributed by atoms with E-state index in [0.29, 0.717) is 19.4 Å². The van der Waals surface area contributed by atoms with E-state index in [4.69, 9.17) is 0 Å². The summed E-state index contributed by atoms with van der Waals surface area (Å²) in [6.07, 6.45) is 1.88. The SMILES string of the molecule is CCNS(=O)(=O)c1ccc(CNC(=O)CC2(C(=O)O)CCC2)cc1. The molecule has 0 unspecified atom stereocenters. The molecular formula is C16H22N2O5S. The van der Waals surface area contributed by atoms with Crippen LogP contribution in [0.1, 0.15) is 38.2 Å². The molecule has 1 aliphatic rings. The lowest BCUT2D eigenvalue weighted by atomic mass is 9.66. The van der Waals surface area contributed by atoms with E-state index in [1.165, 1.54) is 12.1 Å². The van der Waals surface area contributed by atoms with E-state index in [1.54, 1.807) is 19.1 Å². The molecule has 0 saturated heterocycles. The van der Waals surface area contributed by atoms with Gasteiger partial charge in [0.15, 0.2) is 0 Å². The summed E-state index contributed by atoms with van der Waals surface area (Å²) in [4.78, 5) is 23.4. The third kappa shape index (κ3) is 4.12. The highest BCUT2D eigenvalue weighted by atomic mass is 32.2. The second kappa shape index (κ2) is 7.31. The summed E-state index contributed by atoms with van der Waals surface area (Å²) < 4.78 is 26.1. The maximum atomic E-state index is 12.0. The van der Waals surface area contributed by atoms with Gasteiger partial charge in [-0.25, -0.2) is 13.1 Å². The number of carboxylic acids is 1. The molecule has 0 heterocycles. The van der Waals surface area contributed by atoms with Crippen LogP contribution in [0.15, 0.2) is 29.2 Å². The number of carbonyl (C=O) groups excluding carboxylic acids is 1. The molecule has 24 heavy (non-hydrogen) atoms. The van der Waals surface area contributed by atoms with Crippen molar-refractivity contribution in [2.75, 3.05) is 6.54 Å². The molecule has 1 aromatic rings. The number of nitrogens with one attached hydrogen (secondary N) is 2. The van der Waals surface area contributed by atoms with Crippen LogP contribution in [0.3, 0.4) is 0 Å². The predicted octanol–water partition coefficient (Wildman–Crippen LogP) is 1.25. The minimum Gasteiger partial charge on any atom is -0.481 e. The number of carbonyl (C=O) groups is 2. The number of carboxylic acid groups (broad SMARTS) is 1. The van der Waals surface area contributed by atoms with Crippen LogP contribution in [0.4, 0.5) is 0 Å². The van der Waals surface area contributed by atoms with Crippen molar-refractivity contribution < 1.29 is 23.1 Å². The summed E-state index contributed by atoms with van der Waals surface area (Å²) in [6.45, 7) is 2.25. The van der Waals surface area contributed by atoms with Crippen molar-refractivity contribution in [2.45, 2.75) is 44.0 Å². The van der Waals surface area contributed by atoms with Gasteiger partial charge < -0.3 is 10.4 Å². The molecule has 1 amide bonds. The standard InChI is InChI=1S/C16H22N2O5S/c1-2-18-24(22,23)13-6-4-12(5-7-13)11-17-14(19)10-16(15(20)21)8-3-9-16/h4-7,18H,2-3,8-11H2,1H3,(H,17,19)(H,20,21). The first-order chi connectivity index (χ1) is 11.3. The van der Waals surface area contributed by atoms with Crippen molar-refractivity contribution in [2.24, 2.45) is 5.41 Å². The highest BCUT2D eigenvalue weighted by Crippen LogP contribution is 2.44. The van der Waals surface area contributed by atoms with Gasteiger partial charge in [0.05, 0.1) is 10.3 Å². The van der Waals surface area contributed by atoms with E-state index in [0.717, 1.165) is 12.0 Å². The predicted molar refractivity (Wildman–Crippen MR) is 87.7 cm³/mol. The maximum absolute atomic E-state index is 12.0. The number of sulfonamides is 1. The molecule has 1 fully saturated rings. The van der Waals surface area contributed by atoms with Gasteiger partial charge in [-0.15, -0.1) is 0 Å². The van der Waals surface area contributed by atoms with Crippen LogP contribution in [-0.4, -0.2) is 31.9 Å². The van der Waals surface area contributed by atoms with Gasteiger partial charge in [-0.1, -0.05) is 25.5 Å². The molecule has 1 saturated carbocycles. The number of amides is 1. The smallest absolute Gasteiger partial charge is 0.310 e. The topological polar surface area (TPSA) is 113 Å². The normalized spacial score (nSPS) is 16.2. The molecule has 0 bridgehead atoms. The number of aliphatic carboxylic acids is 1. The largest absolute Gasteiger partial charge is 0.481 e. The number of rotatable bonds is 8. The molecule has 7 nitrogen and oxygen atoms in total. The third-order valence-corrected chi connectivity index (χ3v) is 5.88. The molecular weight excluding hydrogens is 332 g/mol. The Morgan fingerprint density at radius 2 is 1.83 bits per heavy atom. The fraction of sp³-hybridized carbons (Fsp3) is 0.500. The van der Waals surface area contributed by atoms with E-state index in [-0.39, 0.29) is 23.8 Å². The molecule has 0 atom stereocenters. The molecule has 1 aliphatic carbocycles. The van der Waals surface area contributed by atoms with Crippen molar-refractivity contribution in [1.82, 2.24) is 10.0 Å². The molecule has 0 radical (unpaired) electrons. The summed E-state index contributed by atoms with van der Waals surface area (Å²) in [5.41, 5.74) is -0.162. The van der Waals surface area contributed by atoms with Crippen LogP contribution >= 0.6 is 0 Å². The van der Waals surface area contributed by atoms with Gasteiger partial charge in [0.25, 0.3) is 0 Å². The second-order valence-corrected chi connectivity index (χ2v) is 7.80. The molecule has 0 spiro atoms. The highest BCUT2D eigenvalue weighted by Gasteiger charge is 2.45. The lowest BCUT2D eigenvalue weighted by Crippen LogP contribution is -2.42. The van der Waals surface area contributed by atoms with E-state index >= 15 is 0 Å². The Bertz CT molecular complexity index is 708. The van der Waals surface area contributed by atoms with Gasteiger partial charge in [-0.3, -0.25) is 9.59 Å². The Kier molecular flexibility index (Phi) is 5.61. The first-order valence-electron chi connectivity index (χ1n) is 7.88. The molecule has 3 N–H and O–H groups in total. The molecule has 132 valence electrons. The Hall–Kier alpha value is -1.93. The van der Waals surface area contributed by atoms with Crippen LogP contribution < -0.4 is 10.0 Å². The molecule has 1 aromatic carbocycles. The van der Waals surface area contributed by atoms with Crippen molar-refractivity contribution in [3.05, 3.63) is 29.8 Å². The van der Waals surface area contributed by atoms with Crippen molar-refractivity contribution in [3.8, 4) is 0 Å². The average Bonchev–Trinajstić information content (AvgIpc) is 2.49. The van der Waals surface area contributed by atoms with E-state index < -0.39 is 21.4 Å². The molecule has 8 heteroatoms. The summed E-state index contributed by atoms with van der Waals surface area (Å²) in [7, 11) is -3.49. The lowest BCUT2D eigenvalue weighted by molar-refractivity contribution is -0.157. The van der Waals surface area contributed by atoms with Gasteiger partial charge in [-0.05, 0) is 30.5 Å². The fourth-order valence-corrected chi connectivity index (χ4v) is 3.74. The van der Waals surface area contributed by atoms with E-state index in [2.05, 4.69) is 10.0 Å². The van der Waals surface area contributed by atoms with Gasteiger partial charge in [0.2, 0.25) is 15.9 Å². The molecule has 0 aromatic heterocycles. The lowest BCUT2D eigenvalue weighted by Gasteiger charge is -2.36. The maximum Gasteiger partial charge on any atom is 0.310 e. The second-order valence-electron chi connectivity index (χ2n) is 6.04. The fourth-order valence-electron chi connectivity index (χ4n) is 2.70. The van der Waals surface area contributed by atoms with Crippen LogP contribution in [-0.2, 0) is 26.2 Å². The van der Waals surface area contributed by atoms with Gasteiger partial charge in [-0.2, -0.15) is 0 Å². The zero-order valence-electron chi connectivity index (χ0n) is 13.5. The summed E-state index contributed by atoms with van der Waals surface area (Å²) in [6, 6.07) is 6.20. The van der Waals surface area contributed by atoms with Gasteiger partial charge in [0, 0.05) is 19.5 Å². The molecule has 2 rings (SSSR count). The van der Waals surface area contributed by atoms with Crippen molar-refractivity contribution in [3.63, 3.8) is 0 Å². The molecule has 0 aliphatic heterocycles. The number of hydrogen-bond donors (Lipinski definition) is 3. The van der Waals surface area contributed by atoms with Crippen LogP contribution in [0.25, 0.3) is 0 Å². The first-order valence-corrected chi connectivity index (χ1v) is 9.36. The third-order valence-electron chi connectivity index (χ3n) is 4.32. The Morgan fingerprint density at radius 3 is 2.29 bits per heavy atom. The number of benzene rings is 1. The minimum atomic E-state index is -3.49. The quantitative estimate of drug-likeness (QED) is 0.650. The van der Waals surface area contributed by atoms with Crippen LogP contribution in [0.2, 0.25) is 0 Å².